The first-order chi connectivity index (χ1) is 14.6. The van der Waals surface area contributed by atoms with Crippen LogP contribution in [0, 0.1) is 6.92 Å². The number of hydrogen-bond donors (Lipinski definition) is 0. The van der Waals surface area contributed by atoms with Crippen LogP contribution in [0.3, 0.4) is 0 Å². The SMILES string of the molecule is Cc1ccc(-n2nnc3c(=O)n(CC(=O)N4CCCc5ccccc54)cnc32)cc1. The highest BCUT2D eigenvalue weighted by molar-refractivity contribution is 5.94. The molecule has 30 heavy (non-hydrogen) atoms. The van der Waals surface area contributed by atoms with E-state index < -0.39 is 0 Å². The monoisotopic (exact) mass is 400 g/mol. The molecule has 8 heteroatoms. The van der Waals surface area contributed by atoms with E-state index in [-0.39, 0.29) is 23.5 Å². The smallest absolute Gasteiger partial charge is 0.284 e. The van der Waals surface area contributed by atoms with Gasteiger partial charge in [-0.05, 0) is 43.5 Å². The fourth-order valence-electron chi connectivity index (χ4n) is 3.84. The molecule has 4 aromatic rings. The molecule has 0 bridgehead atoms. The van der Waals surface area contributed by atoms with Gasteiger partial charge < -0.3 is 4.90 Å². The lowest BCUT2D eigenvalue weighted by Gasteiger charge is -2.29. The molecule has 8 nitrogen and oxygen atoms in total. The van der Waals surface area contributed by atoms with Crippen LogP contribution in [-0.2, 0) is 17.8 Å². The van der Waals surface area contributed by atoms with E-state index >= 15 is 0 Å². The topological polar surface area (TPSA) is 85.9 Å². The Morgan fingerprint density at radius 2 is 1.90 bits per heavy atom. The number of rotatable bonds is 3. The van der Waals surface area contributed by atoms with Crippen LogP contribution in [0.25, 0.3) is 16.9 Å². The second-order valence-corrected chi connectivity index (χ2v) is 7.46. The van der Waals surface area contributed by atoms with Gasteiger partial charge in [0.1, 0.15) is 12.9 Å². The van der Waals surface area contributed by atoms with E-state index in [9.17, 15) is 9.59 Å². The van der Waals surface area contributed by atoms with Crippen molar-refractivity contribution in [2.45, 2.75) is 26.3 Å². The molecule has 0 aliphatic carbocycles. The van der Waals surface area contributed by atoms with Gasteiger partial charge in [0.15, 0.2) is 11.2 Å². The van der Waals surface area contributed by atoms with Crippen molar-refractivity contribution < 1.29 is 4.79 Å². The van der Waals surface area contributed by atoms with Gasteiger partial charge in [-0.3, -0.25) is 14.2 Å². The lowest BCUT2D eigenvalue weighted by molar-refractivity contribution is -0.119. The molecule has 0 N–H and O–H groups in total. The number of amides is 1. The van der Waals surface area contributed by atoms with Crippen molar-refractivity contribution in [3.63, 3.8) is 0 Å². The lowest BCUT2D eigenvalue weighted by atomic mass is 10.0. The van der Waals surface area contributed by atoms with Crippen LogP contribution in [-0.4, -0.2) is 37.0 Å². The highest BCUT2D eigenvalue weighted by atomic mass is 16.2. The molecule has 0 fully saturated rings. The van der Waals surface area contributed by atoms with E-state index in [0.29, 0.717) is 12.2 Å². The molecule has 5 rings (SSSR count). The Hall–Kier alpha value is -3.81. The minimum atomic E-state index is -0.378. The van der Waals surface area contributed by atoms with E-state index in [1.807, 2.05) is 55.5 Å². The van der Waals surface area contributed by atoms with Crippen molar-refractivity contribution in [2.24, 2.45) is 0 Å². The van der Waals surface area contributed by atoms with Crippen molar-refractivity contribution in [2.75, 3.05) is 11.4 Å². The zero-order valence-corrected chi connectivity index (χ0v) is 16.5. The second-order valence-electron chi connectivity index (χ2n) is 7.46. The molecule has 0 atom stereocenters. The highest BCUT2D eigenvalue weighted by Crippen LogP contribution is 2.26. The summed E-state index contributed by atoms with van der Waals surface area (Å²) in [5.74, 6) is -0.142. The van der Waals surface area contributed by atoms with Gasteiger partial charge in [0.2, 0.25) is 5.91 Å². The molecule has 2 aromatic heterocycles. The predicted octanol–water partition coefficient (Wildman–Crippen LogP) is 2.27. The van der Waals surface area contributed by atoms with Gasteiger partial charge in [-0.1, -0.05) is 41.1 Å². The zero-order valence-electron chi connectivity index (χ0n) is 16.5. The highest BCUT2D eigenvalue weighted by Gasteiger charge is 2.23. The number of aromatic nitrogens is 5. The van der Waals surface area contributed by atoms with Crippen LogP contribution in [0.5, 0.6) is 0 Å². The predicted molar refractivity (Wildman–Crippen MR) is 113 cm³/mol. The van der Waals surface area contributed by atoms with Crippen molar-refractivity contribution in [3.05, 3.63) is 76.3 Å². The van der Waals surface area contributed by atoms with Crippen molar-refractivity contribution in [3.8, 4) is 5.69 Å². The molecule has 3 heterocycles. The Labute approximate surface area is 172 Å². The molecular formula is C22H20N6O2. The third-order valence-corrected chi connectivity index (χ3v) is 5.42. The van der Waals surface area contributed by atoms with Crippen molar-refractivity contribution >= 4 is 22.8 Å². The average Bonchev–Trinajstić information content (AvgIpc) is 3.20. The van der Waals surface area contributed by atoms with Crippen LogP contribution in [0.15, 0.2) is 59.7 Å². The van der Waals surface area contributed by atoms with Gasteiger partial charge in [-0.2, -0.15) is 4.68 Å². The van der Waals surface area contributed by atoms with E-state index in [2.05, 4.69) is 15.3 Å². The molecule has 2 aromatic carbocycles. The fourth-order valence-corrected chi connectivity index (χ4v) is 3.84. The minimum absolute atomic E-state index is 0.0898. The van der Waals surface area contributed by atoms with Crippen LogP contribution in [0.1, 0.15) is 17.5 Å². The quantitative estimate of drug-likeness (QED) is 0.527. The van der Waals surface area contributed by atoms with Crippen LogP contribution in [0.4, 0.5) is 5.69 Å². The molecule has 150 valence electrons. The molecule has 0 radical (unpaired) electrons. The second kappa shape index (κ2) is 7.22. The molecule has 0 saturated heterocycles. The molecule has 1 amide bonds. The summed E-state index contributed by atoms with van der Waals surface area (Å²) in [7, 11) is 0. The Morgan fingerprint density at radius 1 is 1.10 bits per heavy atom. The molecule has 1 aliphatic heterocycles. The van der Waals surface area contributed by atoms with E-state index in [1.54, 1.807) is 4.90 Å². The Balaban J connectivity index is 1.46. The largest absolute Gasteiger partial charge is 0.311 e. The lowest BCUT2D eigenvalue weighted by Crippen LogP contribution is -2.39. The third kappa shape index (κ3) is 3.06. The summed E-state index contributed by atoms with van der Waals surface area (Å²) >= 11 is 0. The third-order valence-electron chi connectivity index (χ3n) is 5.42. The summed E-state index contributed by atoms with van der Waals surface area (Å²) in [5.41, 5.74) is 4.10. The zero-order chi connectivity index (χ0) is 20.7. The first-order valence-corrected chi connectivity index (χ1v) is 9.88. The van der Waals surface area contributed by atoms with E-state index in [0.717, 1.165) is 35.3 Å². The molecule has 0 spiro atoms. The number of hydrogen-bond acceptors (Lipinski definition) is 5. The van der Waals surface area contributed by atoms with Gasteiger partial charge in [0.05, 0.1) is 5.69 Å². The van der Waals surface area contributed by atoms with Crippen molar-refractivity contribution in [1.82, 2.24) is 24.5 Å². The number of carbonyl (C=O) groups is 1. The maximum atomic E-state index is 13.0. The number of aryl methyl sites for hydroxylation is 2. The summed E-state index contributed by atoms with van der Waals surface area (Å²) in [4.78, 5) is 32.0. The molecule has 0 unspecified atom stereocenters. The Morgan fingerprint density at radius 3 is 2.73 bits per heavy atom. The Kier molecular flexibility index (Phi) is 4.39. The van der Waals surface area contributed by atoms with E-state index in [1.165, 1.54) is 15.6 Å². The number of benzene rings is 2. The summed E-state index contributed by atoms with van der Waals surface area (Å²) in [5, 5.41) is 8.12. The van der Waals surface area contributed by atoms with E-state index in [4.69, 9.17) is 0 Å². The standard InChI is InChI=1S/C22H20N6O2/c1-15-8-10-17(11-9-15)28-21-20(24-25-28)22(30)26(14-23-21)13-19(29)27-12-4-6-16-5-2-3-7-18(16)27/h2-3,5,7-11,14H,4,6,12-13H2,1H3. The maximum absolute atomic E-state index is 13.0. The normalized spacial score (nSPS) is 13.4. The van der Waals surface area contributed by atoms with Gasteiger partial charge in [-0.25, -0.2) is 4.98 Å². The number of nitrogens with zero attached hydrogens (tertiary/aromatic N) is 6. The summed E-state index contributed by atoms with van der Waals surface area (Å²) in [6, 6.07) is 15.6. The van der Waals surface area contributed by atoms with Crippen LogP contribution < -0.4 is 10.5 Å². The summed E-state index contributed by atoms with van der Waals surface area (Å²) in [6.07, 6.45) is 3.25. The molecular weight excluding hydrogens is 380 g/mol. The number of para-hydroxylation sites is 1. The maximum Gasteiger partial charge on any atom is 0.284 e. The number of anilines is 1. The first-order valence-electron chi connectivity index (χ1n) is 9.88. The first kappa shape index (κ1) is 18.2. The molecule has 1 aliphatic rings. The number of fused-ring (bicyclic) bond motifs is 2. The van der Waals surface area contributed by atoms with Crippen LogP contribution in [0.2, 0.25) is 0 Å². The van der Waals surface area contributed by atoms with Gasteiger partial charge in [-0.15, -0.1) is 5.10 Å². The molecule has 0 saturated carbocycles. The van der Waals surface area contributed by atoms with Crippen LogP contribution >= 0.6 is 0 Å². The van der Waals surface area contributed by atoms with Gasteiger partial charge in [0.25, 0.3) is 5.56 Å². The average molecular weight is 400 g/mol. The van der Waals surface area contributed by atoms with Crippen molar-refractivity contribution in [1.29, 1.82) is 0 Å². The Bertz CT molecular complexity index is 1310. The summed E-state index contributed by atoms with van der Waals surface area (Å²) in [6.45, 7) is 2.55. The fraction of sp³-hybridized carbons (Fsp3) is 0.227. The summed E-state index contributed by atoms with van der Waals surface area (Å²) < 4.78 is 2.83. The van der Waals surface area contributed by atoms with Gasteiger partial charge >= 0.3 is 0 Å². The number of carbonyl (C=O) groups excluding carboxylic acids is 1. The van der Waals surface area contributed by atoms with Gasteiger partial charge in [0, 0.05) is 12.2 Å². The minimum Gasteiger partial charge on any atom is -0.311 e.